The van der Waals surface area contributed by atoms with Crippen LogP contribution in [0.1, 0.15) is 27.9 Å². The van der Waals surface area contributed by atoms with Crippen molar-refractivity contribution in [3.05, 3.63) is 89.5 Å². The van der Waals surface area contributed by atoms with Crippen molar-refractivity contribution in [2.75, 3.05) is 22.1 Å². The van der Waals surface area contributed by atoms with Gasteiger partial charge in [0, 0.05) is 24.3 Å². The van der Waals surface area contributed by atoms with E-state index in [1.165, 1.54) is 0 Å². The average molecular weight is 428 g/mol. The monoisotopic (exact) mass is 427 g/mol. The first-order valence-corrected chi connectivity index (χ1v) is 10.6. The van der Waals surface area contributed by atoms with Gasteiger partial charge in [0.05, 0.1) is 17.2 Å². The second kappa shape index (κ2) is 9.06. The Kier molecular flexibility index (Phi) is 6.03. The second-order valence-electron chi connectivity index (χ2n) is 8.00. The minimum atomic E-state index is -0.488. The summed E-state index contributed by atoms with van der Waals surface area (Å²) in [7, 11) is 0. The van der Waals surface area contributed by atoms with Crippen molar-refractivity contribution in [3.8, 4) is 0 Å². The number of rotatable bonds is 5. The quantitative estimate of drug-likeness (QED) is 0.627. The Bertz CT molecular complexity index is 1150. The van der Waals surface area contributed by atoms with Gasteiger partial charge in [-0.1, -0.05) is 48.5 Å². The van der Waals surface area contributed by atoms with Crippen LogP contribution in [0, 0.1) is 19.8 Å². The zero-order chi connectivity index (χ0) is 22.7. The van der Waals surface area contributed by atoms with Crippen molar-refractivity contribution in [1.82, 2.24) is 0 Å². The standard InChI is InChI=1S/C26H25N3O3/c1-17-9-8-10-18(2)24(17)28-26(32)21-13-6-7-14-22(21)27-25(31)19-15-23(30)29(16-19)20-11-4-3-5-12-20/h3-14,19H,15-16H2,1-2H3,(H,27,31)(H,28,32). The molecular formula is C26H25N3O3. The first-order chi connectivity index (χ1) is 15.4. The molecule has 1 aliphatic heterocycles. The van der Waals surface area contributed by atoms with Crippen LogP contribution >= 0.6 is 0 Å². The van der Waals surface area contributed by atoms with E-state index in [9.17, 15) is 14.4 Å². The molecule has 1 atom stereocenters. The SMILES string of the molecule is Cc1cccc(C)c1NC(=O)c1ccccc1NC(=O)C1CC(=O)N(c2ccccc2)C1. The highest BCUT2D eigenvalue weighted by molar-refractivity contribution is 6.11. The Morgan fingerprint density at radius 2 is 1.50 bits per heavy atom. The number of nitrogens with zero attached hydrogens (tertiary/aromatic N) is 1. The molecule has 162 valence electrons. The van der Waals surface area contributed by atoms with Gasteiger partial charge in [0.2, 0.25) is 11.8 Å². The number of nitrogens with one attached hydrogen (secondary N) is 2. The van der Waals surface area contributed by atoms with Gasteiger partial charge in [0.1, 0.15) is 0 Å². The first-order valence-electron chi connectivity index (χ1n) is 10.6. The van der Waals surface area contributed by atoms with Crippen molar-refractivity contribution in [2.45, 2.75) is 20.3 Å². The lowest BCUT2D eigenvalue weighted by Crippen LogP contribution is -2.28. The number of amides is 3. The molecule has 0 spiro atoms. The zero-order valence-corrected chi connectivity index (χ0v) is 18.1. The van der Waals surface area contributed by atoms with Crippen molar-refractivity contribution in [3.63, 3.8) is 0 Å². The largest absolute Gasteiger partial charge is 0.325 e. The maximum absolute atomic E-state index is 13.0. The van der Waals surface area contributed by atoms with Crippen LogP contribution in [0.15, 0.2) is 72.8 Å². The third kappa shape index (κ3) is 4.39. The van der Waals surface area contributed by atoms with E-state index in [0.717, 1.165) is 22.5 Å². The number of carbonyl (C=O) groups excluding carboxylic acids is 3. The van der Waals surface area contributed by atoms with E-state index in [1.807, 2.05) is 62.4 Å². The van der Waals surface area contributed by atoms with E-state index >= 15 is 0 Å². The Labute approximate surface area is 187 Å². The Balaban J connectivity index is 1.49. The summed E-state index contributed by atoms with van der Waals surface area (Å²) < 4.78 is 0. The van der Waals surface area contributed by atoms with Gasteiger partial charge >= 0.3 is 0 Å². The zero-order valence-electron chi connectivity index (χ0n) is 18.1. The highest BCUT2D eigenvalue weighted by atomic mass is 16.2. The van der Waals surface area contributed by atoms with Gasteiger partial charge in [0.25, 0.3) is 5.91 Å². The van der Waals surface area contributed by atoms with Crippen LogP contribution in [0.2, 0.25) is 0 Å². The predicted molar refractivity (Wildman–Crippen MR) is 126 cm³/mol. The smallest absolute Gasteiger partial charge is 0.257 e. The van der Waals surface area contributed by atoms with E-state index in [0.29, 0.717) is 17.8 Å². The van der Waals surface area contributed by atoms with Crippen LogP contribution in [0.5, 0.6) is 0 Å². The van der Waals surface area contributed by atoms with E-state index < -0.39 is 5.92 Å². The summed E-state index contributed by atoms with van der Waals surface area (Å²) in [5, 5.41) is 5.82. The maximum atomic E-state index is 13.0. The molecule has 0 aliphatic carbocycles. The summed E-state index contributed by atoms with van der Waals surface area (Å²) in [5.41, 5.74) is 4.26. The summed E-state index contributed by atoms with van der Waals surface area (Å²) >= 11 is 0. The number of benzene rings is 3. The van der Waals surface area contributed by atoms with Gasteiger partial charge in [-0.15, -0.1) is 0 Å². The average Bonchev–Trinajstić information content (AvgIpc) is 3.19. The summed E-state index contributed by atoms with van der Waals surface area (Å²) in [6, 6.07) is 22.0. The number of hydrogen-bond donors (Lipinski definition) is 2. The lowest BCUT2D eigenvalue weighted by molar-refractivity contribution is -0.122. The van der Waals surface area contributed by atoms with Crippen LogP contribution in [0.4, 0.5) is 17.1 Å². The van der Waals surface area contributed by atoms with Crippen molar-refractivity contribution >= 4 is 34.8 Å². The minimum absolute atomic E-state index is 0.0857. The minimum Gasteiger partial charge on any atom is -0.325 e. The number of anilines is 3. The van der Waals surface area contributed by atoms with Crippen LogP contribution in [0.25, 0.3) is 0 Å². The molecule has 32 heavy (non-hydrogen) atoms. The lowest BCUT2D eigenvalue weighted by atomic mass is 10.1. The molecular weight excluding hydrogens is 402 g/mol. The number of carbonyl (C=O) groups is 3. The highest BCUT2D eigenvalue weighted by Gasteiger charge is 2.35. The number of hydrogen-bond acceptors (Lipinski definition) is 3. The Morgan fingerprint density at radius 3 is 2.22 bits per heavy atom. The fourth-order valence-corrected chi connectivity index (χ4v) is 3.96. The molecule has 2 N–H and O–H groups in total. The first kappa shape index (κ1) is 21.3. The van der Waals surface area contributed by atoms with Crippen molar-refractivity contribution in [1.29, 1.82) is 0 Å². The van der Waals surface area contributed by atoms with Crippen molar-refractivity contribution < 1.29 is 14.4 Å². The van der Waals surface area contributed by atoms with Crippen LogP contribution in [0.3, 0.4) is 0 Å². The molecule has 3 aromatic rings. The molecule has 3 amide bonds. The van der Waals surface area contributed by atoms with E-state index in [2.05, 4.69) is 10.6 Å². The van der Waals surface area contributed by atoms with Gasteiger partial charge in [0.15, 0.2) is 0 Å². The molecule has 1 aliphatic rings. The lowest BCUT2D eigenvalue weighted by Gasteiger charge is -2.17. The predicted octanol–water partition coefficient (Wildman–Crippen LogP) is 4.55. The fraction of sp³-hybridized carbons (Fsp3) is 0.192. The van der Waals surface area contributed by atoms with Crippen LogP contribution < -0.4 is 15.5 Å². The molecule has 1 heterocycles. The Morgan fingerprint density at radius 1 is 0.844 bits per heavy atom. The highest BCUT2D eigenvalue weighted by Crippen LogP contribution is 2.27. The van der Waals surface area contributed by atoms with Gasteiger partial charge in [-0.25, -0.2) is 0 Å². The third-order valence-corrected chi connectivity index (χ3v) is 5.71. The maximum Gasteiger partial charge on any atom is 0.257 e. The number of aryl methyl sites for hydroxylation is 2. The summed E-state index contributed by atoms with van der Waals surface area (Å²) in [5.74, 6) is -1.15. The Hall–Kier alpha value is -3.93. The second-order valence-corrected chi connectivity index (χ2v) is 8.00. The molecule has 6 heteroatoms. The van der Waals surface area contributed by atoms with E-state index in [-0.39, 0.29) is 24.1 Å². The molecule has 0 radical (unpaired) electrons. The molecule has 0 aromatic heterocycles. The molecule has 4 rings (SSSR count). The van der Waals surface area contributed by atoms with Gasteiger partial charge in [-0.05, 0) is 49.2 Å². The molecule has 6 nitrogen and oxygen atoms in total. The molecule has 1 fully saturated rings. The normalized spacial score (nSPS) is 15.5. The fourth-order valence-electron chi connectivity index (χ4n) is 3.96. The van der Waals surface area contributed by atoms with E-state index in [1.54, 1.807) is 29.2 Å². The van der Waals surface area contributed by atoms with Crippen molar-refractivity contribution in [2.24, 2.45) is 5.92 Å². The summed E-state index contributed by atoms with van der Waals surface area (Å²) in [4.78, 5) is 40.1. The van der Waals surface area contributed by atoms with Gasteiger partial charge < -0.3 is 15.5 Å². The molecule has 1 saturated heterocycles. The van der Waals surface area contributed by atoms with Gasteiger partial charge in [-0.3, -0.25) is 14.4 Å². The van der Waals surface area contributed by atoms with Crippen LogP contribution in [-0.4, -0.2) is 24.3 Å². The third-order valence-electron chi connectivity index (χ3n) is 5.71. The summed E-state index contributed by atoms with van der Waals surface area (Å²) in [6.07, 6.45) is 0.136. The molecule has 1 unspecified atom stereocenters. The number of para-hydroxylation sites is 3. The van der Waals surface area contributed by atoms with Crippen LogP contribution in [-0.2, 0) is 9.59 Å². The summed E-state index contributed by atoms with van der Waals surface area (Å²) in [6.45, 7) is 4.18. The molecule has 3 aromatic carbocycles. The molecule has 0 bridgehead atoms. The topological polar surface area (TPSA) is 78.5 Å². The van der Waals surface area contributed by atoms with E-state index in [4.69, 9.17) is 0 Å². The van der Waals surface area contributed by atoms with Gasteiger partial charge in [-0.2, -0.15) is 0 Å². The molecule has 0 saturated carbocycles.